The second-order valence-corrected chi connectivity index (χ2v) is 13.0. The lowest BCUT2D eigenvalue weighted by molar-refractivity contribution is -0.151. The molecule has 0 spiro atoms. The topological polar surface area (TPSA) is 125 Å². The summed E-state index contributed by atoms with van der Waals surface area (Å²) in [6, 6.07) is 14.7. The van der Waals surface area contributed by atoms with Gasteiger partial charge in [0.1, 0.15) is 11.9 Å². The van der Waals surface area contributed by atoms with Crippen molar-refractivity contribution < 1.29 is 32.9 Å². The summed E-state index contributed by atoms with van der Waals surface area (Å²) in [4.78, 5) is 13.4. The third-order valence-corrected chi connectivity index (χ3v) is 9.05. The molecule has 1 fully saturated rings. The summed E-state index contributed by atoms with van der Waals surface area (Å²) in [6.45, 7) is 6.04. The first-order valence-corrected chi connectivity index (χ1v) is 15.4. The number of nitrogens with zero attached hydrogens (tertiary/aromatic N) is 1. The van der Waals surface area contributed by atoms with Gasteiger partial charge in [-0.25, -0.2) is 8.42 Å². The van der Waals surface area contributed by atoms with Crippen LogP contribution < -0.4 is 10.1 Å². The zero-order valence-electron chi connectivity index (χ0n) is 24.0. The normalized spacial score (nSPS) is 21.2. The summed E-state index contributed by atoms with van der Waals surface area (Å²) >= 11 is 0. The van der Waals surface area contributed by atoms with Crippen molar-refractivity contribution in [2.24, 2.45) is 5.92 Å². The van der Waals surface area contributed by atoms with E-state index in [1.807, 2.05) is 51.1 Å². The van der Waals surface area contributed by atoms with Crippen LogP contribution in [0.15, 0.2) is 59.5 Å². The molecule has 3 rings (SSSR count). The summed E-state index contributed by atoms with van der Waals surface area (Å²) in [6.07, 6.45) is 0.218. The van der Waals surface area contributed by atoms with Gasteiger partial charge in [-0.3, -0.25) is 4.79 Å². The van der Waals surface area contributed by atoms with Crippen LogP contribution in [0.3, 0.4) is 0 Å². The van der Waals surface area contributed by atoms with Crippen molar-refractivity contribution >= 4 is 15.9 Å². The minimum atomic E-state index is -3.95. The van der Waals surface area contributed by atoms with E-state index in [1.165, 1.54) is 23.5 Å². The van der Waals surface area contributed by atoms with E-state index < -0.39 is 39.8 Å². The standard InChI is InChI=1S/C30H44N2O7S/c1-5-15-30(35)16-17-39-28(19-30)29(34)31-26(18-23-9-7-6-8-10-23)27(33)21-32(20-22(2)3)40(36,37)25-13-11-24(38-4)12-14-25/h6-14,22,26-28,33,35H,5,15-21H2,1-4H3,(H,31,34)/t26-,27+,28-,30+/m0/s1. The minimum absolute atomic E-state index is 0.00531. The fraction of sp³-hybridized carbons (Fsp3) is 0.567. The molecule has 4 atom stereocenters. The Labute approximate surface area is 238 Å². The molecule has 1 saturated heterocycles. The van der Waals surface area contributed by atoms with E-state index in [9.17, 15) is 23.4 Å². The number of ether oxygens (including phenoxy) is 2. The highest BCUT2D eigenvalue weighted by Gasteiger charge is 2.39. The number of rotatable bonds is 14. The molecule has 222 valence electrons. The molecule has 10 heteroatoms. The van der Waals surface area contributed by atoms with Crippen LogP contribution in [0.25, 0.3) is 0 Å². The predicted molar refractivity (Wildman–Crippen MR) is 154 cm³/mol. The Balaban J connectivity index is 1.84. The Morgan fingerprint density at radius 1 is 1.15 bits per heavy atom. The van der Waals surface area contributed by atoms with Crippen molar-refractivity contribution in [2.45, 2.75) is 81.6 Å². The molecule has 2 aromatic carbocycles. The summed E-state index contributed by atoms with van der Waals surface area (Å²) in [5.41, 5.74) is -0.0874. The number of sulfonamides is 1. The van der Waals surface area contributed by atoms with Gasteiger partial charge in [0.25, 0.3) is 0 Å². The number of aliphatic hydroxyl groups is 2. The Morgan fingerprint density at radius 2 is 1.82 bits per heavy atom. The first-order chi connectivity index (χ1) is 19.0. The van der Waals surface area contributed by atoms with E-state index in [2.05, 4.69) is 5.32 Å². The lowest BCUT2D eigenvalue weighted by Gasteiger charge is -2.37. The van der Waals surface area contributed by atoms with Gasteiger partial charge in [0.2, 0.25) is 15.9 Å². The van der Waals surface area contributed by atoms with E-state index in [4.69, 9.17) is 9.47 Å². The number of amides is 1. The summed E-state index contributed by atoms with van der Waals surface area (Å²) in [5, 5.41) is 25.3. The van der Waals surface area contributed by atoms with E-state index in [0.29, 0.717) is 18.6 Å². The molecule has 0 saturated carbocycles. The van der Waals surface area contributed by atoms with E-state index in [-0.39, 0.29) is 43.4 Å². The summed E-state index contributed by atoms with van der Waals surface area (Å²) in [7, 11) is -2.44. The molecule has 9 nitrogen and oxygen atoms in total. The van der Waals surface area contributed by atoms with Gasteiger partial charge in [-0.2, -0.15) is 4.31 Å². The van der Waals surface area contributed by atoms with Gasteiger partial charge in [0, 0.05) is 19.5 Å². The van der Waals surface area contributed by atoms with Crippen LogP contribution in [-0.4, -0.2) is 79.5 Å². The average Bonchev–Trinajstić information content (AvgIpc) is 2.92. The molecule has 3 N–H and O–H groups in total. The molecule has 0 radical (unpaired) electrons. The van der Waals surface area contributed by atoms with Gasteiger partial charge in [-0.05, 0) is 55.0 Å². The smallest absolute Gasteiger partial charge is 0.249 e. The van der Waals surface area contributed by atoms with Gasteiger partial charge < -0.3 is 25.0 Å². The van der Waals surface area contributed by atoms with Crippen molar-refractivity contribution in [3.63, 3.8) is 0 Å². The Hall–Kier alpha value is -2.50. The van der Waals surface area contributed by atoms with Crippen LogP contribution in [0, 0.1) is 5.92 Å². The summed E-state index contributed by atoms with van der Waals surface area (Å²) in [5.74, 6) is 0.104. The maximum absolute atomic E-state index is 13.6. The average molecular weight is 577 g/mol. The third kappa shape index (κ3) is 8.75. The highest BCUT2D eigenvalue weighted by atomic mass is 32.2. The molecule has 0 bridgehead atoms. The number of hydrogen-bond acceptors (Lipinski definition) is 7. The van der Waals surface area contributed by atoms with Gasteiger partial charge >= 0.3 is 0 Å². The van der Waals surface area contributed by atoms with E-state index in [0.717, 1.165) is 12.0 Å². The largest absolute Gasteiger partial charge is 0.497 e. The predicted octanol–water partition coefficient (Wildman–Crippen LogP) is 3.14. The van der Waals surface area contributed by atoms with Crippen molar-refractivity contribution in [2.75, 3.05) is 26.8 Å². The first kappa shape index (κ1) is 32.0. The highest BCUT2D eigenvalue weighted by molar-refractivity contribution is 7.89. The van der Waals surface area contributed by atoms with Crippen molar-refractivity contribution in [3.8, 4) is 5.75 Å². The van der Waals surface area contributed by atoms with Gasteiger partial charge in [0.15, 0.2) is 0 Å². The number of aliphatic hydroxyl groups excluding tert-OH is 1. The van der Waals surface area contributed by atoms with Crippen molar-refractivity contribution in [1.82, 2.24) is 9.62 Å². The molecule has 0 unspecified atom stereocenters. The Bertz CT molecular complexity index is 1170. The minimum Gasteiger partial charge on any atom is -0.497 e. The van der Waals surface area contributed by atoms with Gasteiger partial charge in [0.05, 0.1) is 36.4 Å². The maximum Gasteiger partial charge on any atom is 0.249 e. The van der Waals surface area contributed by atoms with Crippen LogP contribution in [-0.2, 0) is 26.0 Å². The lowest BCUT2D eigenvalue weighted by Crippen LogP contribution is -2.55. The van der Waals surface area contributed by atoms with Gasteiger partial charge in [-0.1, -0.05) is 57.5 Å². The van der Waals surface area contributed by atoms with Crippen LogP contribution >= 0.6 is 0 Å². The molecule has 1 heterocycles. The van der Waals surface area contributed by atoms with Crippen LogP contribution in [0.1, 0.15) is 52.0 Å². The second-order valence-electron chi connectivity index (χ2n) is 11.1. The first-order valence-electron chi connectivity index (χ1n) is 14.0. The molecular formula is C30H44N2O7S. The number of carbonyl (C=O) groups excluding carboxylic acids is 1. The van der Waals surface area contributed by atoms with Crippen molar-refractivity contribution in [1.29, 1.82) is 0 Å². The number of benzene rings is 2. The van der Waals surface area contributed by atoms with Crippen molar-refractivity contribution in [3.05, 3.63) is 60.2 Å². The zero-order chi connectivity index (χ0) is 29.3. The number of nitrogens with one attached hydrogen (secondary N) is 1. The lowest BCUT2D eigenvalue weighted by atomic mass is 9.86. The number of methoxy groups -OCH3 is 1. The van der Waals surface area contributed by atoms with Crippen LogP contribution in [0.5, 0.6) is 5.75 Å². The molecule has 2 aromatic rings. The van der Waals surface area contributed by atoms with Crippen LogP contribution in [0.2, 0.25) is 0 Å². The Morgan fingerprint density at radius 3 is 2.42 bits per heavy atom. The number of carbonyl (C=O) groups is 1. The van der Waals surface area contributed by atoms with E-state index in [1.54, 1.807) is 12.1 Å². The second kappa shape index (κ2) is 14.4. The van der Waals surface area contributed by atoms with E-state index >= 15 is 0 Å². The third-order valence-electron chi connectivity index (χ3n) is 7.21. The zero-order valence-corrected chi connectivity index (χ0v) is 24.8. The molecule has 0 aliphatic carbocycles. The highest BCUT2D eigenvalue weighted by Crippen LogP contribution is 2.29. The maximum atomic E-state index is 13.6. The summed E-state index contributed by atoms with van der Waals surface area (Å²) < 4.78 is 39.4. The molecular weight excluding hydrogens is 532 g/mol. The molecule has 1 aliphatic heterocycles. The molecule has 40 heavy (non-hydrogen) atoms. The molecule has 1 amide bonds. The molecule has 0 aromatic heterocycles. The SMILES string of the molecule is CCC[C@@]1(O)CCO[C@H](C(=O)N[C@@H](Cc2ccccc2)[C@H](O)CN(CC(C)C)S(=O)(=O)c2ccc(OC)cc2)C1. The monoisotopic (exact) mass is 576 g/mol. The quantitative estimate of drug-likeness (QED) is 0.316. The van der Waals surface area contributed by atoms with Gasteiger partial charge in [-0.15, -0.1) is 0 Å². The molecule has 1 aliphatic rings. The van der Waals surface area contributed by atoms with Crippen LogP contribution in [0.4, 0.5) is 0 Å². The Kier molecular flexibility index (Phi) is 11.5. The number of hydrogen-bond donors (Lipinski definition) is 3. The fourth-order valence-electron chi connectivity index (χ4n) is 5.10. The fourth-order valence-corrected chi connectivity index (χ4v) is 6.72.